The van der Waals surface area contributed by atoms with Crippen molar-refractivity contribution in [2.45, 2.75) is 39.1 Å². The summed E-state index contributed by atoms with van der Waals surface area (Å²) < 4.78 is 10.3. The second-order valence-corrected chi connectivity index (χ2v) is 3.30. The van der Waals surface area contributed by atoms with Gasteiger partial charge < -0.3 is 14.6 Å². The lowest BCUT2D eigenvalue weighted by Gasteiger charge is -2.21. The van der Waals surface area contributed by atoms with Crippen LogP contribution in [0.25, 0.3) is 0 Å². The topological polar surface area (TPSA) is 38.7 Å². The molecule has 0 heterocycles. The number of aliphatic hydroxyl groups excluding tert-OH is 1. The Morgan fingerprint density at radius 3 is 2.46 bits per heavy atom. The summed E-state index contributed by atoms with van der Waals surface area (Å²) in [6, 6.07) is 0. The molecule has 3 heteroatoms. The number of methoxy groups -OCH3 is 1. The van der Waals surface area contributed by atoms with Crippen molar-refractivity contribution in [1.29, 1.82) is 0 Å². The molecule has 0 aromatic rings. The predicted molar refractivity (Wildman–Crippen MR) is 51.1 cm³/mol. The highest BCUT2D eigenvalue weighted by Crippen LogP contribution is 2.07. The minimum Gasteiger partial charge on any atom is -0.392 e. The van der Waals surface area contributed by atoms with Gasteiger partial charge in [-0.25, -0.2) is 0 Å². The van der Waals surface area contributed by atoms with Gasteiger partial charge >= 0.3 is 0 Å². The van der Waals surface area contributed by atoms with Crippen LogP contribution >= 0.6 is 0 Å². The van der Waals surface area contributed by atoms with Crippen molar-refractivity contribution < 1.29 is 14.6 Å². The lowest BCUT2D eigenvalue weighted by molar-refractivity contribution is -0.188. The molecule has 0 aliphatic rings. The Kier molecular flexibility index (Phi) is 5.72. The second-order valence-electron chi connectivity index (χ2n) is 3.30. The maximum atomic E-state index is 8.89. The van der Waals surface area contributed by atoms with E-state index in [-0.39, 0.29) is 6.10 Å². The number of aliphatic hydroxyl groups is 1. The van der Waals surface area contributed by atoms with Gasteiger partial charge in [0.1, 0.15) is 6.61 Å². The first kappa shape index (κ1) is 12.4. The number of hydrogen-bond donors (Lipinski definition) is 1. The van der Waals surface area contributed by atoms with E-state index in [0.29, 0.717) is 13.0 Å². The van der Waals surface area contributed by atoms with Gasteiger partial charge in [0.25, 0.3) is 0 Å². The highest BCUT2D eigenvalue weighted by Gasteiger charge is 2.14. The average Bonchev–Trinajstić information content (AvgIpc) is 2.03. The summed E-state index contributed by atoms with van der Waals surface area (Å²) >= 11 is 0. The molecule has 0 amide bonds. The van der Waals surface area contributed by atoms with E-state index in [9.17, 15) is 0 Å². The Balaban J connectivity index is 3.58. The van der Waals surface area contributed by atoms with Crippen LogP contribution in [0.2, 0.25) is 0 Å². The first-order chi connectivity index (χ1) is 5.98. The molecule has 0 bridgehead atoms. The molecule has 13 heavy (non-hydrogen) atoms. The molecule has 0 fully saturated rings. The standard InChI is InChI=1S/C10H18O3/c1-9(11)7-5-6-8-13-10(2,3)12-4/h9,11H,7-8H2,1-4H3/t9-/m1/s1. The van der Waals surface area contributed by atoms with Crippen LogP contribution in [-0.2, 0) is 9.47 Å². The molecule has 0 saturated heterocycles. The zero-order valence-electron chi connectivity index (χ0n) is 8.76. The van der Waals surface area contributed by atoms with Crippen molar-refractivity contribution in [3.63, 3.8) is 0 Å². The highest BCUT2D eigenvalue weighted by atomic mass is 16.7. The minimum absolute atomic E-state index is 0.327. The number of ether oxygens (including phenoxy) is 2. The van der Waals surface area contributed by atoms with E-state index >= 15 is 0 Å². The summed E-state index contributed by atoms with van der Waals surface area (Å²) in [5.74, 6) is 5.01. The van der Waals surface area contributed by atoms with Gasteiger partial charge in [0.05, 0.1) is 6.10 Å². The smallest absolute Gasteiger partial charge is 0.163 e. The molecule has 0 spiro atoms. The Morgan fingerprint density at radius 2 is 2.00 bits per heavy atom. The van der Waals surface area contributed by atoms with Crippen molar-refractivity contribution in [3.05, 3.63) is 0 Å². The maximum Gasteiger partial charge on any atom is 0.163 e. The van der Waals surface area contributed by atoms with Crippen LogP contribution in [0.3, 0.4) is 0 Å². The Hall–Kier alpha value is -0.560. The normalized spacial score (nSPS) is 13.3. The summed E-state index contributed by atoms with van der Waals surface area (Å²) in [7, 11) is 1.59. The average molecular weight is 186 g/mol. The van der Waals surface area contributed by atoms with E-state index in [1.807, 2.05) is 13.8 Å². The molecular formula is C10H18O3. The van der Waals surface area contributed by atoms with Gasteiger partial charge in [0.2, 0.25) is 0 Å². The second kappa shape index (κ2) is 5.98. The fourth-order valence-electron chi connectivity index (χ4n) is 0.540. The highest BCUT2D eigenvalue weighted by molar-refractivity contribution is 5.00. The summed E-state index contributed by atoms with van der Waals surface area (Å²) in [6.07, 6.45) is 0.111. The molecule has 0 unspecified atom stereocenters. The van der Waals surface area contributed by atoms with Gasteiger partial charge in [-0.1, -0.05) is 11.8 Å². The quantitative estimate of drug-likeness (QED) is 0.529. The van der Waals surface area contributed by atoms with Crippen molar-refractivity contribution in [2.75, 3.05) is 13.7 Å². The van der Waals surface area contributed by atoms with E-state index in [2.05, 4.69) is 11.8 Å². The van der Waals surface area contributed by atoms with Gasteiger partial charge in [-0.2, -0.15) is 0 Å². The van der Waals surface area contributed by atoms with Crippen LogP contribution in [0.1, 0.15) is 27.2 Å². The Morgan fingerprint density at radius 1 is 1.38 bits per heavy atom. The van der Waals surface area contributed by atoms with Gasteiger partial charge in [-0.3, -0.25) is 0 Å². The fraction of sp³-hybridized carbons (Fsp3) is 0.800. The number of rotatable bonds is 4. The van der Waals surface area contributed by atoms with E-state index < -0.39 is 5.79 Å². The van der Waals surface area contributed by atoms with Gasteiger partial charge in [-0.05, 0) is 20.8 Å². The van der Waals surface area contributed by atoms with E-state index in [0.717, 1.165) is 0 Å². The summed E-state index contributed by atoms with van der Waals surface area (Å²) in [5, 5.41) is 8.89. The van der Waals surface area contributed by atoms with Crippen LogP contribution in [0.5, 0.6) is 0 Å². The molecule has 0 aliphatic carbocycles. The summed E-state index contributed by atoms with van der Waals surface area (Å²) in [5.41, 5.74) is 0. The molecule has 0 radical (unpaired) electrons. The molecular weight excluding hydrogens is 168 g/mol. The summed E-state index contributed by atoms with van der Waals surface area (Å²) in [4.78, 5) is 0. The van der Waals surface area contributed by atoms with Crippen LogP contribution in [-0.4, -0.2) is 30.7 Å². The Labute approximate surface area is 80.0 Å². The Bertz CT molecular complexity index is 186. The monoisotopic (exact) mass is 186 g/mol. The predicted octanol–water partition coefficient (Wildman–Crippen LogP) is 1.16. The third-order valence-electron chi connectivity index (χ3n) is 1.51. The van der Waals surface area contributed by atoms with E-state index in [1.165, 1.54) is 0 Å². The molecule has 1 atom stereocenters. The van der Waals surface area contributed by atoms with Gasteiger partial charge in [0.15, 0.2) is 5.79 Å². The van der Waals surface area contributed by atoms with Crippen molar-refractivity contribution in [1.82, 2.24) is 0 Å². The summed E-state index contributed by atoms with van der Waals surface area (Å²) in [6.45, 7) is 5.68. The van der Waals surface area contributed by atoms with Crippen molar-refractivity contribution in [2.24, 2.45) is 0 Å². The van der Waals surface area contributed by atoms with Crippen LogP contribution in [0, 0.1) is 11.8 Å². The lowest BCUT2D eigenvalue weighted by Crippen LogP contribution is -2.26. The molecule has 0 rings (SSSR count). The van der Waals surface area contributed by atoms with E-state index in [1.54, 1.807) is 14.0 Å². The minimum atomic E-state index is -0.584. The van der Waals surface area contributed by atoms with Crippen LogP contribution in [0.15, 0.2) is 0 Å². The molecule has 76 valence electrons. The SMILES string of the molecule is COC(C)(C)OCC#CC[C@@H](C)O. The number of hydrogen-bond acceptors (Lipinski definition) is 3. The molecule has 0 aromatic heterocycles. The largest absolute Gasteiger partial charge is 0.392 e. The first-order valence-electron chi connectivity index (χ1n) is 4.31. The van der Waals surface area contributed by atoms with E-state index in [4.69, 9.17) is 14.6 Å². The van der Waals surface area contributed by atoms with Crippen LogP contribution < -0.4 is 0 Å². The molecule has 0 saturated carbocycles. The lowest BCUT2D eigenvalue weighted by atomic mass is 10.3. The fourth-order valence-corrected chi connectivity index (χ4v) is 0.540. The third-order valence-corrected chi connectivity index (χ3v) is 1.51. The van der Waals surface area contributed by atoms with Gasteiger partial charge in [-0.15, -0.1) is 0 Å². The molecule has 3 nitrogen and oxygen atoms in total. The maximum absolute atomic E-state index is 8.89. The molecule has 1 N–H and O–H groups in total. The van der Waals surface area contributed by atoms with Crippen molar-refractivity contribution in [3.8, 4) is 11.8 Å². The third kappa shape index (κ3) is 7.79. The van der Waals surface area contributed by atoms with Gasteiger partial charge in [0, 0.05) is 13.5 Å². The molecule has 0 aliphatic heterocycles. The van der Waals surface area contributed by atoms with Crippen molar-refractivity contribution >= 4 is 0 Å². The van der Waals surface area contributed by atoms with Crippen LogP contribution in [0.4, 0.5) is 0 Å². The zero-order chi connectivity index (χ0) is 10.3. The molecule has 0 aromatic carbocycles. The zero-order valence-corrected chi connectivity index (χ0v) is 8.76. The first-order valence-corrected chi connectivity index (χ1v) is 4.31.